The fourth-order valence-electron chi connectivity index (χ4n) is 2.64. The lowest BCUT2D eigenvalue weighted by Crippen LogP contribution is -2.32. The molecule has 0 aliphatic carbocycles. The lowest BCUT2D eigenvalue weighted by Gasteiger charge is -2.17. The van der Waals surface area contributed by atoms with Crippen LogP contribution in [0.15, 0.2) is 29.2 Å². The van der Waals surface area contributed by atoms with E-state index in [1.807, 2.05) is 0 Å². The molecule has 0 saturated carbocycles. The summed E-state index contributed by atoms with van der Waals surface area (Å²) in [5.74, 6) is 0.320. The van der Waals surface area contributed by atoms with E-state index in [9.17, 15) is 9.59 Å². The third-order valence-electron chi connectivity index (χ3n) is 4.16. The Kier molecular flexibility index (Phi) is 6.37. The van der Waals surface area contributed by atoms with Crippen LogP contribution < -0.4 is 15.5 Å². The van der Waals surface area contributed by atoms with Crippen molar-refractivity contribution < 1.29 is 9.53 Å². The fourth-order valence-corrected chi connectivity index (χ4v) is 2.64. The highest BCUT2D eigenvalue weighted by molar-refractivity contribution is 5.97. The Morgan fingerprint density at radius 3 is 2.71 bits per heavy atom. The minimum atomic E-state index is -0.339. The SMILES string of the molecule is CCN(CC)CCCNC(=O)c1c[nH]c2cc(OC)ccc2c1=O. The molecule has 0 spiro atoms. The number of aromatic amines is 1. The molecule has 0 aliphatic heterocycles. The third-order valence-corrected chi connectivity index (χ3v) is 4.16. The molecule has 2 aromatic rings. The zero-order valence-corrected chi connectivity index (χ0v) is 14.5. The van der Waals surface area contributed by atoms with Crippen LogP contribution in [0.4, 0.5) is 0 Å². The Labute approximate surface area is 141 Å². The average molecular weight is 331 g/mol. The summed E-state index contributed by atoms with van der Waals surface area (Å²) >= 11 is 0. The number of H-pyrrole nitrogens is 1. The molecule has 0 radical (unpaired) electrons. The summed E-state index contributed by atoms with van der Waals surface area (Å²) in [5.41, 5.74) is 0.514. The summed E-state index contributed by atoms with van der Waals surface area (Å²) in [4.78, 5) is 30.0. The van der Waals surface area contributed by atoms with Crippen LogP contribution in [0.1, 0.15) is 30.6 Å². The number of hydrogen-bond acceptors (Lipinski definition) is 4. The van der Waals surface area contributed by atoms with Crippen molar-refractivity contribution in [3.63, 3.8) is 0 Å². The van der Waals surface area contributed by atoms with Crippen LogP contribution >= 0.6 is 0 Å². The maximum Gasteiger partial charge on any atom is 0.256 e. The van der Waals surface area contributed by atoms with Crippen LogP contribution in [0.5, 0.6) is 5.75 Å². The van der Waals surface area contributed by atoms with Crippen molar-refractivity contribution in [2.24, 2.45) is 0 Å². The Balaban J connectivity index is 2.04. The van der Waals surface area contributed by atoms with Crippen molar-refractivity contribution in [2.75, 3.05) is 33.3 Å². The summed E-state index contributed by atoms with van der Waals surface area (Å²) in [7, 11) is 1.57. The lowest BCUT2D eigenvalue weighted by molar-refractivity contribution is 0.0950. The molecule has 1 heterocycles. The van der Waals surface area contributed by atoms with Crippen LogP contribution in [0.25, 0.3) is 10.9 Å². The number of pyridine rings is 1. The van der Waals surface area contributed by atoms with Crippen LogP contribution in [-0.4, -0.2) is 49.1 Å². The fraction of sp³-hybridized carbons (Fsp3) is 0.444. The lowest BCUT2D eigenvalue weighted by atomic mass is 10.1. The molecule has 1 aromatic carbocycles. The number of hydrogen-bond donors (Lipinski definition) is 2. The van der Waals surface area contributed by atoms with Crippen molar-refractivity contribution in [2.45, 2.75) is 20.3 Å². The summed E-state index contributed by atoms with van der Waals surface area (Å²) in [6.07, 6.45) is 2.32. The van der Waals surface area contributed by atoms with E-state index < -0.39 is 0 Å². The number of rotatable bonds is 8. The predicted octanol–water partition coefficient (Wildman–Crippen LogP) is 2.00. The number of nitrogens with one attached hydrogen (secondary N) is 2. The largest absolute Gasteiger partial charge is 0.497 e. The van der Waals surface area contributed by atoms with Gasteiger partial charge in [0, 0.05) is 24.2 Å². The number of nitrogens with zero attached hydrogens (tertiary/aromatic N) is 1. The van der Waals surface area contributed by atoms with Gasteiger partial charge in [0.05, 0.1) is 12.6 Å². The number of ether oxygens (including phenoxy) is 1. The van der Waals surface area contributed by atoms with Gasteiger partial charge in [0.1, 0.15) is 11.3 Å². The topological polar surface area (TPSA) is 74.4 Å². The number of benzene rings is 1. The number of methoxy groups -OCH3 is 1. The summed E-state index contributed by atoms with van der Waals surface area (Å²) in [6, 6.07) is 5.12. The van der Waals surface area contributed by atoms with E-state index in [0.717, 1.165) is 26.1 Å². The molecule has 2 N–H and O–H groups in total. The van der Waals surface area contributed by atoms with E-state index in [1.54, 1.807) is 25.3 Å². The van der Waals surface area contributed by atoms with Gasteiger partial charge in [-0.05, 0) is 38.2 Å². The molecule has 6 nitrogen and oxygen atoms in total. The van der Waals surface area contributed by atoms with E-state index in [0.29, 0.717) is 23.2 Å². The highest BCUT2D eigenvalue weighted by Crippen LogP contribution is 2.16. The Hall–Kier alpha value is -2.34. The second kappa shape index (κ2) is 8.49. The van der Waals surface area contributed by atoms with Gasteiger partial charge >= 0.3 is 0 Å². The molecule has 130 valence electrons. The first kappa shape index (κ1) is 18.0. The van der Waals surface area contributed by atoms with Crippen molar-refractivity contribution in [1.29, 1.82) is 0 Å². The molecule has 6 heteroatoms. The molecular weight excluding hydrogens is 306 g/mol. The van der Waals surface area contributed by atoms with Gasteiger partial charge in [0.15, 0.2) is 0 Å². The van der Waals surface area contributed by atoms with Crippen LogP contribution in [0, 0.1) is 0 Å². The van der Waals surface area contributed by atoms with E-state index in [1.165, 1.54) is 6.20 Å². The van der Waals surface area contributed by atoms with Crippen molar-refractivity contribution in [1.82, 2.24) is 15.2 Å². The number of aromatic nitrogens is 1. The zero-order valence-electron chi connectivity index (χ0n) is 14.5. The molecule has 0 unspecified atom stereocenters. The molecule has 0 saturated heterocycles. The van der Waals surface area contributed by atoms with Crippen molar-refractivity contribution in [3.05, 3.63) is 40.2 Å². The minimum absolute atomic E-state index is 0.135. The van der Waals surface area contributed by atoms with Gasteiger partial charge in [-0.1, -0.05) is 13.8 Å². The summed E-state index contributed by atoms with van der Waals surface area (Å²) in [5, 5.41) is 3.30. The van der Waals surface area contributed by atoms with Crippen LogP contribution in [-0.2, 0) is 0 Å². The van der Waals surface area contributed by atoms with Crippen LogP contribution in [0.2, 0.25) is 0 Å². The highest BCUT2D eigenvalue weighted by Gasteiger charge is 2.13. The second-order valence-corrected chi connectivity index (χ2v) is 5.58. The van der Waals surface area contributed by atoms with E-state index >= 15 is 0 Å². The molecule has 1 amide bonds. The second-order valence-electron chi connectivity index (χ2n) is 5.58. The predicted molar refractivity (Wildman–Crippen MR) is 95.9 cm³/mol. The zero-order chi connectivity index (χ0) is 17.5. The first-order valence-electron chi connectivity index (χ1n) is 8.30. The molecule has 0 atom stereocenters. The van der Waals surface area contributed by atoms with Gasteiger partial charge in [-0.15, -0.1) is 0 Å². The minimum Gasteiger partial charge on any atom is -0.497 e. The van der Waals surface area contributed by atoms with Gasteiger partial charge < -0.3 is 19.9 Å². The smallest absolute Gasteiger partial charge is 0.256 e. The van der Waals surface area contributed by atoms with Crippen LogP contribution in [0.3, 0.4) is 0 Å². The quantitative estimate of drug-likeness (QED) is 0.726. The van der Waals surface area contributed by atoms with E-state index in [2.05, 4.69) is 29.0 Å². The molecule has 24 heavy (non-hydrogen) atoms. The molecule has 2 rings (SSSR count). The summed E-state index contributed by atoms with van der Waals surface area (Å²) in [6.45, 7) is 7.71. The summed E-state index contributed by atoms with van der Waals surface area (Å²) < 4.78 is 5.14. The Morgan fingerprint density at radius 1 is 1.29 bits per heavy atom. The van der Waals surface area contributed by atoms with E-state index in [-0.39, 0.29) is 16.9 Å². The standard InChI is InChI=1S/C18H25N3O3/c1-4-21(5-2)10-6-9-19-18(23)15-12-20-16-11-13(24-3)7-8-14(16)17(15)22/h7-8,11-12H,4-6,9-10H2,1-3H3,(H,19,23)(H,20,22). The highest BCUT2D eigenvalue weighted by atomic mass is 16.5. The Bertz CT molecular complexity index is 751. The Morgan fingerprint density at radius 2 is 2.04 bits per heavy atom. The molecule has 0 bridgehead atoms. The first-order chi connectivity index (χ1) is 11.6. The van der Waals surface area contributed by atoms with Gasteiger partial charge in [0.2, 0.25) is 5.43 Å². The molecule has 0 fully saturated rings. The maximum absolute atomic E-state index is 12.5. The average Bonchev–Trinajstić information content (AvgIpc) is 2.61. The monoisotopic (exact) mass is 331 g/mol. The van der Waals surface area contributed by atoms with Gasteiger partial charge in [-0.25, -0.2) is 0 Å². The number of carbonyl (C=O) groups is 1. The van der Waals surface area contributed by atoms with E-state index in [4.69, 9.17) is 4.74 Å². The van der Waals surface area contributed by atoms with Gasteiger partial charge in [0.25, 0.3) is 5.91 Å². The third kappa shape index (κ3) is 4.14. The normalized spacial score (nSPS) is 11.0. The van der Waals surface area contributed by atoms with Crippen molar-refractivity contribution in [3.8, 4) is 5.75 Å². The number of amides is 1. The van der Waals surface area contributed by atoms with Gasteiger partial charge in [-0.2, -0.15) is 0 Å². The molecule has 1 aromatic heterocycles. The molecule has 0 aliphatic rings. The number of carbonyl (C=O) groups excluding carboxylic acids is 1. The first-order valence-corrected chi connectivity index (χ1v) is 8.30. The maximum atomic E-state index is 12.5. The van der Waals surface area contributed by atoms with Gasteiger partial charge in [-0.3, -0.25) is 9.59 Å². The molecular formula is C18H25N3O3. The van der Waals surface area contributed by atoms with Crippen molar-refractivity contribution >= 4 is 16.8 Å². The number of fused-ring (bicyclic) bond motifs is 1.